The molecule has 1 aromatic carbocycles. The number of aliphatic imine (C=N–C) groups is 1. The number of unbranched alkanes of at least 4 members (excludes halogenated alkanes) is 1. The van der Waals surface area contributed by atoms with Crippen molar-refractivity contribution in [1.29, 1.82) is 0 Å². The van der Waals surface area contributed by atoms with Gasteiger partial charge >= 0.3 is 0 Å². The Kier molecular flexibility index (Phi) is 5.86. The van der Waals surface area contributed by atoms with Gasteiger partial charge in [0.1, 0.15) is 0 Å². The molecule has 0 aliphatic carbocycles. The van der Waals surface area contributed by atoms with Gasteiger partial charge < -0.3 is 10.5 Å². The summed E-state index contributed by atoms with van der Waals surface area (Å²) >= 11 is 0. The van der Waals surface area contributed by atoms with Gasteiger partial charge in [-0.2, -0.15) is 4.99 Å². The average molecular weight is 397 g/mol. The number of pyridine rings is 1. The number of ether oxygens (including phenoxy) is 1. The van der Waals surface area contributed by atoms with Gasteiger partial charge in [-0.1, -0.05) is 39.3 Å². The number of para-hydroxylation sites is 1. The first kappa shape index (κ1) is 20.3. The lowest BCUT2D eigenvalue weighted by Gasteiger charge is -2.46. The monoisotopic (exact) mass is 396 g/mol. The first-order chi connectivity index (χ1) is 14.1. The fourth-order valence-corrected chi connectivity index (χ4v) is 5.03. The fraction of sp³-hybridized carbons (Fsp3) is 0.565. The Morgan fingerprint density at radius 3 is 2.69 bits per heavy atom. The molecular weight excluding hydrogens is 362 g/mol. The number of benzene rings is 1. The summed E-state index contributed by atoms with van der Waals surface area (Å²) in [7, 11) is 0. The predicted molar refractivity (Wildman–Crippen MR) is 122 cm³/mol. The van der Waals surface area contributed by atoms with Crippen LogP contribution in [-0.2, 0) is 4.74 Å². The molecule has 6 nitrogen and oxygen atoms in total. The average Bonchev–Trinajstić information content (AvgIpc) is 3.09. The zero-order valence-corrected chi connectivity index (χ0v) is 18.0. The molecule has 2 aliphatic rings. The third kappa shape index (κ3) is 3.65. The molecule has 1 fully saturated rings. The van der Waals surface area contributed by atoms with Crippen LogP contribution in [0.2, 0.25) is 0 Å². The molecule has 2 aliphatic heterocycles. The van der Waals surface area contributed by atoms with Crippen LogP contribution in [0.3, 0.4) is 0 Å². The van der Waals surface area contributed by atoms with Gasteiger partial charge in [0.2, 0.25) is 0 Å². The van der Waals surface area contributed by atoms with Crippen LogP contribution in [0.15, 0.2) is 29.3 Å². The number of rotatable bonds is 7. The van der Waals surface area contributed by atoms with Gasteiger partial charge in [0, 0.05) is 25.4 Å². The van der Waals surface area contributed by atoms with E-state index in [1.165, 1.54) is 23.9 Å². The second-order valence-electron chi connectivity index (χ2n) is 8.73. The standard InChI is InChI=1S/C23H34N5O/c1-4-5-10-20(27-11-13-29-14-12-27)28(15-17(2)3)16-25-21-22(28)18-8-6-7-9-19(18)26-23(21)24/h6-9,16-17,20H,4-5,10-15H2,1-3H3,(H2,24,26)/q+1. The van der Waals surface area contributed by atoms with E-state index < -0.39 is 0 Å². The lowest BCUT2D eigenvalue weighted by atomic mass is 10.0. The van der Waals surface area contributed by atoms with Crippen molar-refractivity contribution in [1.82, 2.24) is 14.4 Å². The molecule has 2 N–H and O–H groups in total. The minimum Gasteiger partial charge on any atom is -0.382 e. The smallest absolute Gasteiger partial charge is 0.197 e. The van der Waals surface area contributed by atoms with Crippen LogP contribution in [0.1, 0.15) is 40.0 Å². The van der Waals surface area contributed by atoms with E-state index in [9.17, 15) is 0 Å². The molecule has 0 radical (unpaired) electrons. The third-order valence-electron chi connectivity index (χ3n) is 6.16. The van der Waals surface area contributed by atoms with Gasteiger partial charge in [-0.05, 0) is 18.6 Å². The zero-order chi connectivity index (χ0) is 20.4. The van der Waals surface area contributed by atoms with Gasteiger partial charge in [0.15, 0.2) is 29.7 Å². The molecule has 0 saturated carbocycles. The molecule has 0 amide bonds. The molecule has 2 aromatic rings. The summed E-state index contributed by atoms with van der Waals surface area (Å²) in [6.45, 7) is 11.4. The summed E-state index contributed by atoms with van der Waals surface area (Å²) in [6.07, 6.45) is 6.00. The topological polar surface area (TPSA) is 63.7 Å². The van der Waals surface area contributed by atoms with Crippen molar-refractivity contribution in [2.45, 2.75) is 46.2 Å². The molecule has 4 rings (SSSR count). The third-order valence-corrected chi connectivity index (χ3v) is 6.16. The van der Waals surface area contributed by atoms with Crippen LogP contribution in [0.4, 0.5) is 17.2 Å². The summed E-state index contributed by atoms with van der Waals surface area (Å²) in [6, 6.07) is 8.37. The minimum atomic E-state index is 0.330. The SMILES string of the molecule is CCCCC(N1CCOCC1)[N+]1(CC(C)C)C=Nc2c(N)nc3ccccc3c21. The van der Waals surface area contributed by atoms with E-state index in [0.717, 1.165) is 55.0 Å². The van der Waals surface area contributed by atoms with Gasteiger partial charge in [-0.3, -0.25) is 0 Å². The number of nitrogens with two attached hydrogens (primary N) is 1. The molecule has 2 atom stereocenters. The fourth-order valence-electron chi connectivity index (χ4n) is 5.03. The summed E-state index contributed by atoms with van der Waals surface area (Å²) in [5.74, 6) is 1.06. The summed E-state index contributed by atoms with van der Waals surface area (Å²) in [5, 5.41) is 1.17. The van der Waals surface area contributed by atoms with E-state index in [1.807, 2.05) is 6.07 Å². The van der Waals surface area contributed by atoms with Crippen LogP contribution < -0.4 is 10.2 Å². The number of nitrogens with zero attached hydrogens (tertiary/aromatic N) is 4. The van der Waals surface area contributed by atoms with Crippen LogP contribution in [0.25, 0.3) is 10.9 Å². The maximum absolute atomic E-state index is 6.40. The number of fused-ring (bicyclic) bond motifs is 3. The van der Waals surface area contributed by atoms with Gasteiger partial charge in [-0.25, -0.2) is 14.4 Å². The van der Waals surface area contributed by atoms with Crippen molar-refractivity contribution in [2.75, 3.05) is 38.6 Å². The Morgan fingerprint density at radius 1 is 1.21 bits per heavy atom. The molecule has 29 heavy (non-hydrogen) atoms. The second-order valence-corrected chi connectivity index (χ2v) is 8.73. The number of aromatic nitrogens is 1. The Balaban J connectivity index is 1.92. The molecule has 2 unspecified atom stereocenters. The van der Waals surface area contributed by atoms with Crippen LogP contribution in [-0.4, -0.2) is 55.2 Å². The zero-order valence-electron chi connectivity index (χ0n) is 18.0. The largest absolute Gasteiger partial charge is 0.382 e. The normalized spacial score (nSPS) is 23.0. The van der Waals surface area contributed by atoms with Crippen LogP contribution in [0, 0.1) is 5.92 Å². The van der Waals surface area contributed by atoms with Crippen molar-refractivity contribution in [3.63, 3.8) is 0 Å². The first-order valence-corrected chi connectivity index (χ1v) is 11.0. The quantitative estimate of drug-likeness (QED) is 0.709. The van der Waals surface area contributed by atoms with E-state index in [1.54, 1.807) is 0 Å². The van der Waals surface area contributed by atoms with Crippen molar-refractivity contribution in [3.8, 4) is 0 Å². The maximum Gasteiger partial charge on any atom is 0.197 e. The Labute approximate surface area is 174 Å². The second kappa shape index (κ2) is 8.38. The van der Waals surface area contributed by atoms with Crippen molar-refractivity contribution in [2.24, 2.45) is 10.9 Å². The first-order valence-electron chi connectivity index (χ1n) is 11.0. The highest BCUT2D eigenvalue weighted by atomic mass is 16.5. The number of hydrogen-bond acceptors (Lipinski definition) is 5. The Hall–Kier alpha value is -2.02. The van der Waals surface area contributed by atoms with E-state index in [0.29, 0.717) is 17.9 Å². The van der Waals surface area contributed by atoms with E-state index in [2.05, 4.69) is 55.2 Å². The number of hydrogen-bond donors (Lipinski definition) is 1. The molecule has 3 heterocycles. The highest BCUT2D eigenvalue weighted by Gasteiger charge is 2.48. The van der Waals surface area contributed by atoms with Crippen LogP contribution >= 0.6 is 0 Å². The number of morpholine rings is 1. The highest BCUT2D eigenvalue weighted by Crippen LogP contribution is 2.49. The Morgan fingerprint density at radius 2 is 1.97 bits per heavy atom. The molecule has 156 valence electrons. The molecule has 6 heteroatoms. The number of nitrogen functional groups attached to an aromatic ring is 1. The Bertz CT molecular complexity index is 890. The predicted octanol–water partition coefficient (Wildman–Crippen LogP) is 4.30. The van der Waals surface area contributed by atoms with E-state index in [4.69, 9.17) is 15.5 Å². The maximum atomic E-state index is 6.40. The number of quaternary nitrogens is 1. The van der Waals surface area contributed by atoms with Crippen molar-refractivity contribution in [3.05, 3.63) is 24.3 Å². The summed E-state index contributed by atoms with van der Waals surface area (Å²) in [5.41, 5.74) is 9.45. The number of anilines is 1. The van der Waals surface area contributed by atoms with Gasteiger partial charge in [0.25, 0.3) is 0 Å². The van der Waals surface area contributed by atoms with E-state index in [-0.39, 0.29) is 0 Å². The molecule has 0 bridgehead atoms. The van der Waals surface area contributed by atoms with Crippen molar-refractivity contribution >= 4 is 34.4 Å². The summed E-state index contributed by atoms with van der Waals surface area (Å²) < 4.78 is 6.41. The summed E-state index contributed by atoms with van der Waals surface area (Å²) in [4.78, 5) is 12.1. The molecule has 0 spiro atoms. The van der Waals surface area contributed by atoms with E-state index >= 15 is 0 Å². The minimum absolute atomic E-state index is 0.330. The molecule has 1 saturated heterocycles. The van der Waals surface area contributed by atoms with Gasteiger partial charge in [-0.15, -0.1) is 0 Å². The van der Waals surface area contributed by atoms with Gasteiger partial charge in [0.05, 0.1) is 30.7 Å². The van der Waals surface area contributed by atoms with Crippen LogP contribution in [0.5, 0.6) is 0 Å². The van der Waals surface area contributed by atoms with Crippen molar-refractivity contribution < 1.29 is 4.74 Å². The lowest BCUT2D eigenvalue weighted by Crippen LogP contribution is -2.65. The molecule has 1 aromatic heterocycles. The lowest BCUT2D eigenvalue weighted by molar-refractivity contribution is -0.0161. The highest BCUT2D eigenvalue weighted by molar-refractivity contribution is 6.07. The molecular formula is C23H34N5O+.